The lowest BCUT2D eigenvalue weighted by atomic mass is 10.1. The molecule has 0 bridgehead atoms. The SMILES string of the molecule is CC/C=C\C/C=C\C/C=C\CCCCCCCCCC(=O)OC(COC(=O)CCCCCCC/C=C\CCCCCC)COP(=O)(O)OCC(CO)OC(=O)CCCCCCC/C=C\CCCCCC. The first-order valence-electron chi connectivity index (χ1n) is 28.2. The molecule has 11 nitrogen and oxygen atoms in total. The first-order valence-corrected chi connectivity index (χ1v) is 29.7. The summed E-state index contributed by atoms with van der Waals surface area (Å²) in [6, 6.07) is 0. The first-order chi connectivity index (χ1) is 34.2. The Morgan fingerprint density at radius 3 is 1.16 bits per heavy atom. The van der Waals surface area contributed by atoms with Gasteiger partial charge in [0.15, 0.2) is 6.10 Å². The number of ether oxygens (including phenoxy) is 3. The number of esters is 3. The molecule has 12 heteroatoms. The Morgan fingerprint density at radius 2 is 0.743 bits per heavy atom. The van der Waals surface area contributed by atoms with Gasteiger partial charge in [0.25, 0.3) is 0 Å². The minimum Gasteiger partial charge on any atom is -0.462 e. The van der Waals surface area contributed by atoms with Crippen molar-refractivity contribution in [3.05, 3.63) is 60.8 Å². The maximum atomic E-state index is 12.9. The molecule has 2 N–H and O–H groups in total. The van der Waals surface area contributed by atoms with E-state index in [9.17, 15) is 28.9 Å². The van der Waals surface area contributed by atoms with Crippen LogP contribution in [0.25, 0.3) is 0 Å². The quantitative estimate of drug-likeness (QED) is 0.0197. The average Bonchev–Trinajstić information content (AvgIpc) is 3.35. The van der Waals surface area contributed by atoms with Crippen LogP contribution < -0.4 is 0 Å². The largest absolute Gasteiger partial charge is 0.472 e. The number of allylic oxidation sites excluding steroid dienone is 10. The number of rotatable bonds is 52. The summed E-state index contributed by atoms with van der Waals surface area (Å²) >= 11 is 0. The van der Waals surface area contributed by atoms with Crippen molar-refractivity contribution in [2.45, 2.75) is 264 Å². The van der Waals surface area contributed by atoms with Gasteiger partial charge in [-0.1, -0.05) is 191 Å². The molecule has 3 atom stereocenters. The number of aliphatic hydroxyl groups excluding tert-OH is 1. The highest BCUT2D eigenvalue weighted by Gasteiger charge is 2.28. The number of hydrogen-bond acceptors (Lipinski definition) is 10. The third-order valence-corrected chi connectivity index (χ3v) is 12.8. The van der Waals surface area contributed by atoms with Gasteiger partial charge < -0.3 is 24.2 Å². The second-order valence-corrected chi connectivity index (χ2v) is 20.2. The number of carbonyl (C=O) groups excluding carboxylic acids is 3. The number of carbonyl (C=O) groups is 3. The van der Waals surface area contributed by atoms with Crippen molar-refractivity contribution in [3.8, 4) is 0 Å². The summed E-state index contributed by atoms with van der Waals surface area (Å²) in [5.74, 6) is -1.49. The Bertz CT molecular complexity index is 1410. The van der Waals surface area contributed by atoms with Gasteiger partial charge in [-0.3, -0.25) is 23.4 Å². The topological polar surface area (TPSA) is 155 Å². The van der Waals surface area contributed by atoms with Gasteiger partial charge in [-0.15, -0.1) is 0 Å². The van der Waals surface area contributed by atoms with Crippen molar-refractivity contribution in [2.75, 3.05) is 26.4 Å². The zero-order valence-corrected chi connectivity index (χ0v) is 45.6. The molecule has 0 saturated heterocycles. The maximum Gasteiger partial charge on any atom is 0.472 e. The maximum absolute atomic E-state index is 12.9. The van der Waals surface area contributed by atoms with Crippen LogP contribution in [0.3, 0.4) is 0 Å². The predicted molar refractivity (Wildman–Crippen MR) is 288 cm³/mol. The van der Waals surface area contributed by atoms with Gasteiger partial charge >= 0.3 is 25.7 Å². The summed E-state index contributed by atoms with van der Waals surface area (Å²) in [5.41, 5.74) is 0. The number of phosphoric acid groups is 1. The highest BCUT2D eigenvalue weighted by Crippen LogP contribution is 2.43. The normalized spacial score (nSPS) is 13.8. The number of hydrogen-bond donors (Lipinski definition) is 2. The summed E-state index contributed by atoms with van der Waals surface area (Å²) in [6.45, 7) is 4.48. The Labute approximate surface area is 427 Å². The van der Waals surface area contributed by atoms with Crippen LogP contribution in [0, 0.1) is 0 Å². The summed E-state index contributed by atoms with van der Waals surface area (Å²) < 4.78 is 39.5. The second kappa shape index (κ2) is 52.5. The molecule has 0 aliphatic heterocycles. The molecule has 0 aromatic carbocycles. The number of phosphoric ester groups is 1. The van der Waals surface area contributed by atoms with E-state index in [1.54, 1.807) is 0 Å². The number of unbranched alkanes of at least 4 members (excludes halogenated alkanes) is 25. The fourth-order valence-corrected chi connectivity index (χ4v) is 8.38. The molecule has 0 radical (unpaired) electrons. The average molecular weight is 1010 g/mol. The fraction of sp³-hybridized carbons (Fsp3) is 0.776. The van der Waals surface area contributed by atoms with E-state index in [0.29, 0.717) is 19.3 Å². The summed E-state index contributed by atoms with van der Waals surface area (Å²) in [5, 5.41) is 9.79. The van der Waals surface area contributed by atoms with E-state index in [1.165, 1.54) is 57.8 Å². The molecular weight excluding hydrogens is 904 g/mol. The van der Waals surface area contributed by atoms with Gasteiger partial charge in [0.05, 0.1) is 19.8 Å². The molecule has 0 aliphatic carbocycles. The van der Waals surface area contributed by atoms with Crippen LogP contribution in [-0.2, 0) is 42.2 Å². The molecule has 0 saturated carbocycles. The van der Waals surface area contributed by atoms with Crippen LogP contribution in [0.1, 0.15) is 252 Å². The van der Waals surface area contributed by atoms with Crippen LogP contribution in [0.15, 0.2) is 60.8 Å². The van der Waals surface area contributed by atoms with E-state index in [2.05, 4.69) is 81.5 Å². The third kappa shape index (κ3) is 50.1. The summed E-state index contributed by atoms with van der Waals surface area (Å²) in [7, 11) is -4.75. The Balaban J connectivity index is 4.75. The molecule has 70 heavy (non-hydrogen) atoms. The minimum absolute atomic E-state index is 0.154. The molecule has 0 aliphatic rings. The molecule has 0 rings (SSSR count). The Kier molecular flexibility index (Phi) is 50.4. The van der Waals surface area contributed by atoms with Gasteiger partial charge in [-0.25, -0.2) is 4.57 Å². The van der Waals surface area contributed by atoms with E-state index in [-0.39, 0.29) is 25.9 Å². The van der Waals surface area contributed by atoms with E-state index in [1.807, 2.05) is 0 Å². The molecule has 0 amide bonds. The third-order valence-electron chi connectivity index (χ3n) is 11.9. The zero-order valence-electron chi connectivity index (χ0n) is 44.7. The highest BCUT2D eigenvalue weighted by molar-refractivity contribution is 7.47. The lowest BCUT2D eigenvalue weighted by Crippen LogP contribution is -2.30. The summed E-state index contributed by atoms with van der Waals surface area (Å²) in [4.78, 5) is 48.4. The van der Waals surface area contributed by atoms with Gasteiger partial charge in [-0.2, -0.15) is 0 Å². The van der Waals surface area contributed by atoms with Crippen LogP contribution in [-0.4, -0.2) is 66.5 Å². The van der Waals surface area contributed by atoms with Crippen molar-refractivity contribution in [2.24, 2.45) is 0 Å². The molecular formula is C58H103O11P. The lowest BCUT2D eigenvalue weighted by molar-refractivity contribution is -0.161. The van der Waals surface area contributed by atoms with Gasteiger partial charge in [-0.05, 0) is 103 Å². The van der Waals surface area contributed by atoms with E-state index >= 15 is 0 Å². The Morgan fingerprint density at radius 1 is 0.414 bits per heavy atom. The van der Waals surface area contributed by atoms with Crippen LogP contribution in [0.2, 0.25) is 0 Å². The van der Waals surface area contributed by atoms with Crippen LogP contribution in [0.4, 0.5) is 0 Å². The van der Waals surface area contributed by atoms with Crippen molar-refractivity contribution in [1.82, 2.24) is 0 Å². The molecule has 0 aromatic heterocycles. The van der Waals surface area contributed by atoms with E-state index in [0.717, 1.165) is 135 Å². The minimum atomic E-state index is -4.75. The van der Waals surface area contributed by atoms with Crippen molar-refractivity contribution in [1.29, 1.82) is 0 Å². The van der Waals surface area contributed by atoms with Crippen molar-refractivity contribution in [3.63, 3.8) is 0 Å². The standard InChI is InChI=1S/C58H103O11P/c1-4-7-10-13-16-19-22-25-26-27-28-31-34-37-40-43-46-49-58(62)69-55(51-65-56(60)47-44-41-38-35-32-29-23-20-17-14-11-8-5-2)53-67-70(63,64)66-52-54(50-59)68-57(61)48-45-42-39-36-33-30-24-21-18-15-12-9-6-3/h7,10,16,19-21,23-26,54-55,59H,4-6,8-9,11-15,17-18,22,27-53H2,1-3H3,(H,63,64)/b10-7-,19-16-,23-20-,24-21-,26-25-. The smallest absolute Gasteiger partial charge is 0.462 e. The number of aliphatic hydroxyl groups is 1. The molecule has 406 valence electrons. The van der Waals surface area contributed by atoms with E-state index in [4.69, 9.17) is 23.3 Å². The van der Waals surface area contributed by atoms with Gasteiger partial charge in [0.1, 0.15) is 12.7 Å². The molecule has 0 spiro atoms. The van der Waals surface area contributed by atoms with Crippen molar-refractivity contribution < 1.29 is 52.2 Å². The first kappa shape index (κ1) is 67.2. The molecule has 0 aromatic rings. The molecule has 0 fully saturated rings. The molecule has 3 unspecified atom stereocenters. The second-order valence-electron chi connectivity index (χ2n) is 18.7. The van der Waals surface area contributed by atoms with Crippen LogP contribution in [0.5, 0.6) is 0 Å². The van der Waals surface area contributed by atoms with Gasteiger partial charge in [0, 0.05) is 19.3 Å². The van der Waals surface area contributed by atoms with Gasteiger partial charge in [0.2, 0.25) is 0 Å². The lowest BCUT2D eigenvalue weighted by Gasteiger charge is -2.21. The van der Waals surface area contributed by atoms with Crippen LogP contribution >= 0.6 is 7.82 Å². The zero-order chi connectivity index (χ0) is 51.3. The fourth-order valence-electron chi connectivity index (χ4n) is 7.59. The van der Waals surface area contributed by atoms with E-state index < -0.39 is 57.8 Å². The summed E-state index contributed by atoms with van der Waals surface area (Å²) in [6.07, 6.45) is 56.0. The highest BCUT2D eigenvalue weighted by atomic mass is 31.2. The van der Waals surface area contributed by atoms with Crippen molar-refractivity contribution >= 4 is 25.7 Å². The predicted octanol–water partition coefficient (Wildman–Crippen LogP) is 16.4. The monoisotopic (exact) mass is 1010 g/mol. The molecule has 0 heterocycles. The Hall–Kier alpha value is -2.82.